The number of halogens is 2. The Bertz CT molecular complexity index is 946. The van der Waals surface area contributed by atoms with E-state index in [4.69, 9.17) is 52.1 Å². The van der Waals surface area contributed by atoms with E-state index < -0.39 is 0 Å². The second-order valence-electron chi connectivity index (χ2n) is 4.50. The van der Waals surface area contributed by atoms with Gasteiger partial charge in [-0.15, -0.1) is 0 Å². The molecule has 0 atom stereocenters. The lowest BCUT2D eigenvalue weighted by molar-refractivity contribution is 0.505. The van der Waals surface area contributed by atoms with Gasteiger partial charge in [-0.3, -0.25) is 4.57 Å². The van der Waals surface area contributed by atoms with Crippen molar-refractivity contribution < 1.29 is 4.42 Å². The third kappa shape index (κ3) is 2.90. The zero-order valence-corrected chi connectivity index (χ0v) is 13.8. The number of aromatic nitrogens is 1. The molecule has 2 nitrogen and oxygen atoms in total. The van der Waals surface area contributed by atoms with Gasteiger partial charge < -0.3 is 4.42 Å². The van der Waals surface area contributed by atoms with E-state index in [0.29, 0.717) is 31.7 Å². The summed E-state index contributed by atoms with van der Waals surface area (Å²) in [5.41, 5.74) is 1.65. The Hall–Kier alpha value is -1.20. The molecule has 21 heavy (non-hydrogen) atoms. The van der Waals surface area contributed by atoms with Crippen LogP contribution in [0.2, 0.25) is 10.0 Å². The Morgan fingerprint density at radius 1 is 1.00 bits per heavy atom. The molecule has 0 aliphatic carbocycles. The van der Waals surface area contributed by atoms with Crippen molar-refractivity contribution in [2.45, 2.75) is 6.54 Å². The van der Waals surface area contributed by atoms with Crippen molar-refractivity contribution in [1.82, 2.24) is 4.57 Å². The molecule has 2 aromatic carbocycles. The molecule has 0 spiro atoms. The quantitative estimate of drug-likeness (QED) is 0.522. The second kappa shape index (κ2) is 5.89. The average Bonchev–Trinajstić information content (AvgIpc) is 2.47. The van der Waals surface area contributed by atoms with Crippen LogP contribution >= 0.6 is 47.6 Å². The zero-order valence-electron chi connectivity index (χ0n) is 10.7. The van der Waals surface area contributed by atoms with E-state index in [2.05, 4.69) is 0 Å². The van der Waals surface area contributed by atoms with Crippen LogP contribution in [0.25, 0.3) is 11.0 Å². The molecule has 0 aliphatic rings. The van der Waals surface area contributed by atoms with Crippen LogP contribution in [0.4, 0.5) is 0 Å². The van der Waals surface area contributed by atoms with Gasteiger partial charge in [-0.25, -0.2) is 0 Å². The van der Waals surface area contributed by atoms with Crippen LogP contribution in [0.15, 0.2) is 46.9 Å². The highest BCUT2D eigenvalue weighted by Crippen LogP contribution is 2.24. The van der Waals surface area contributed by atoms with Gasteiger partial charge in [0, 0.05) is 0 Å². The van der Waals surface area contributed by atoms with Gasteiger partial charge in [0.05, 0.1) is 22.0 Å². The molecule has 0 saturated carbocycles. The maximum atomic E-state index is 6.04. The summed E-state index contributed by atoms with van der Waals surface area (Å²) in [6, 6.07) is 13.0. The molecule has 0 saturated heterocycles. The molecule has 0 amide bonds. The Kier molecular flexibility index (Phi) is 4.13. The fourth-order valence-corrected chi connectivity index (χ4v) is 3.01. The summed E-state index contributed by atoms with van der Waals surface area (Å²) in [6.07, 6.45) is 0. The maximum absolute atomic E-state index is 6.04. The third-order valence-electron chi connectivity index (χ3n) is 3.10. The first-order valence-corrected chi connectivity index (χ1v) is 7.70. The van der Waals surface area contributed by atoms with Crippen LogP contribution < -0.4 is 0 Å². The number of para-hydroxylation sites is 1. The van der Waals surface area contributed by atoms with Crippen molar-refractivity contribution in [3.8, 4) is 0 Å². The van der Waals surface area contributed by atoms with Crippen molar-refractivity contribution in [1.29, 1.82) is 0 Å². The first kappa shape index (κ1) is 14.7. The summed E-state index contributed by atoms with van der Waals surface area (Å²) in [5.74, 6) is 0. The normalized spacial score (nSPS) is 11.0. The number of nitrogens with zero attached hydrogens (tertiary/aromatic N) is 1. The molecule has 0 fully saturated rings. The van der Waals surface area contributed by atoms with Gasteiger partial charge in [0.15, 0.2) is 0 Å². The lowest BCUT2D eigenvalue weighted by atomic mass is 10.2. The summed E-state index contributed by atoms with van der Waals surface area (Å²) < 4.78 is 8.07. The molecule has 0 unspecified atom stereocenters. The molecule has 0 N–H and O–H groups in total. The molecule has 0 bridgehead atoms. The largest absolute Gasteiger partial charge is 0.431 e. The standard InChI is InChI=1S/C15H9Cl2NOS2/c16-11-6-5-9(7-12(11)17)8-18-14(20)10-3-1-2-4-13(10)19-15(18)21/h1-7H,8H2. The Labute approximate surface area is 141 Å². The third-order valence-corrected chi connectivity index (χ3v) is 4.59. The Morgan fingerprint density at radius 3 is 2.52 bits per heavy atom. The van der Waals surface area contributed by atoms with Gasteiger partial charge in [0.1, 0.15) is 10.2 Å². The van der Waals surface area contributed by atoms with Crippen molar-refractivity contribution in [2.24, 2.45) is 0 Å². The highest BCUT2D eigenvalue weighted by Gasteiger charge is 2.06. The van der Waals surface area contributed by atoms with E-state index >= 15 is 0 Å². The maximum Gasteiger partial charge on any atom is 0.270 e. The molecule has 0 radical (unpaired) electrons. The van der Waals surface area contributed by atoms with E-state index in [1.807, 2.05) is 30.3 Å². The molecular weight excluding hydrogens is 345 g/mol. The van der Waals surface area contributed by atoms with Gasteiger partial charge in [0.2, 0.25) is 0 Å². The van der Waals surface area contributed by atoms with E-state index in [1.54, 1.807) is 16.7 Å². The van der Waals surface area contributed by atoms with Gasteiger partial charge in [-0.2, -0.15) is 0 Å². The molecule has 3 rings (SSSR count). The van der Waals surface area contributed by atoms with Gasteiger partial charge in [-0.05, 0) is 42.0 Å². The monoisotopic (exact) mass is 353 g/mol. The first-order valence-electron chi connectivity index (χ1n) is 6.13. The van der Waals surface area contributed by atoms with E-state index in [-0.39, 0.29) is 0 Å². The summed E-state index contributed by atoms with van der Waals surface area (Å²) in [7, 11) is 0. The van der Waals surface area contributed by atoms with Crippen LogP contribution in [0.3, 0.4) is 0 Å². The highest BCUT2D eigenvalue weighted by atomic mass is 35.5. The minimum Gasteiger partial charge on any atom is -0.431 e. The van der Waals surface area contributed by atoms with Crippen LogP contribution in [-0.2, 0) is 6.54 Å². The van der Waals surface area contributed by atoms with E-state index in [0.717, 1.165) is 10.9 Å². The smallest absolute Gasteiger partial charge is 0.270 e. The number of hydrogen-bond donors (Lipinski definition) is 0. The Morgan fingerprint density at radius 2 is 1.76 bits per heavy atom. The molecule has 1 heterocycles. The van der Waals surface area contributed by atoms with E-state index in [9.17, 15) is 0 Å². The molecule has 0 aliphatic heterocycles. The first-order chi connectivity index (χ1) is 10.1. The highest BCUT2D eigenvalue weighted by molar-refractivity contribution is 7.72. The zero-order chi connectivity index (χ0) is 15.0. The summed E-state index contributed by atoms with van der Waals surface area (Å²) in [5, 5.41) is 1.89. The number of benzene rings is 2. The van der Waals surface area contributed by atoms with Crippen molar-refractivity contribution in [2.75, 3.05) is 0 Å². The topological polar surface area (TPSA) is 18.1 Å². The molecule has 106 valence electrons. The molecule has 6 heteroatoms. The number of hydrogen-bond acceptors (Lipinski definition) is 3. The van der Waals surface area contributed by atoms with Crippen LogP contribution in [0, 0.1) is 9.48 Å². The summed E-state index contributed by atoms with van der Waals surface area (Å²) in [6.45, 7) is 0.489. The minimum atomic E-state index is 0.338. The predicted molar refractivity (Wildman–Crippen MR) is 91.4 cm³/mol. The fourth-order valence-electron chi connectivity index (χ4n) is 2.07. The molecule has 3 aromatic rings. The van der Waals surface area contributed by atoms with Gasteiger partial charge in [-0.1, -0.05) is 53.6 Å². The van der Waals surface area contributed by atoms with Crippen LogP contribution in [-0.4, -0.2) is 4.57 Å². The second-order valence-corrected chi connectivity index (χ2v) is 6.05. The van der Waals surface area contributed by atoms with Crippen molar-refractivity contribution >= 4 is 58.6 Å². The lowest BCUT2D eigenvalue weighted by Gasteiger charge is -2.09. The number of rotatable bonds is 2. The predicted octanol–water partition coefficient (Wildman–Crippen LogP) is 6.05. The Balaban J connectivity index is 2.14. The van der Waals surface area contributed by atoms with E-state index in [1.165, 1.54) is 0 Å². The number of fused-ring (bicyclic) bond motifs is 1. The lowest BCUT2D eigenvalue weighted by Crippen LogP contribution is -2.04. The van der Waals surface area contributed by atoms with Crippen molar-refractivity contribution in [3.63, 3.8) is 0 Å². The van der Waals surface area contributed by atoms with Crippen LogP contribution in [0.1, 0.15) is 5.56 Å². The van der Waals surface area contributed by atoms with Crippen molar-refractivity contribution in [3.05, 3.63) is 67.6 Å². The molecule has 1 aromatic heterocycles. The van der Waals surface area contributed by atoms with Crippen LogP contribution in [0.5, 0.6) is 0 Å². The molecular formula is C15H9Cl2NOS2. The van der Waals surface area contributed by atoms with Gasteiger partial charge >= 0.3 is 0 Å². The summed E-state index contributed by atoms with van der Waals surface area (Å²) in [4.78, 5) is 0.338. The fraction of sp³-hybridized carbons (Fsp3) is 0.0667. The summed E-state index contributed by atoms with van der Waals surface area (Å²) >= 11 is 22.8. The SMILES string of the molecule is S=c1oc2ccccc2c(=S)n1Cc1ccc(Cl)c(Cl)c1. The minimum absolute atomic E-state index is 0.338. The average molecular weight is 354 g/mol. The van der Waals surface area contributed by atoms with Gasteiger partial charge in [0.25, 0.3) is 4.84 Å².